The van der Waals surface area contributed by atoms with Gasteiger partial charge in [-0.25, -0.2) is 9.97 Å². The Labute approximate surface area is 182 Å². The van der Waals surface area contributed by atoms with Crippen molar-refractivity contribution in [2.24, 2.45) is 11.3 Å². The van der Waals surface area contributed by atoms with Crippen molar-refractivity contribution in [2.45, 2.75) is 70.6 Å². The van der Waals surface area contributed by atoms with Gasteiger partial charge in [-0.3, -0.25) is 4.79 Å². The summed E-state index contributed by atoms with van der Waals surface area (Å²) in [6, 6.07) is 4.32. The number of anilines is 1. The third-order valence-corrected chi connectivity index (χ3v) is 7.79. The second kappa shape index (κ2) is 6.79. The Morgan fingerprint density at radius 1 is 1.30 bits per heavy atom. The number of aliphatic hydroxyl groups is 1. The summed E-state index contributed by atoms with van der Waals surface area (Å²) in [5, 5.41) is 14.7. The van der Waals surface area contributed by atoms with Crippen molar-refractivity contribution in [3.05, 3.63) is 28.9 Å². The molecule has 2 N–H and O–H groups in total. The first-order valence-corrected chi connectivity index (χ1v) is 11.3. The maximum absolute atomic E-state index is 12.7. The zero-order chi connectivity index (χ0) is 21.3. The van der Waals surface area contributed by atoms with Gasteiger partial charge in [-0.1, -0.05) is 11.6 Å². The zero-order valence-corrected chi connectivity index (χ0v) is 18.5. The molecule has 3 fully saturated rings. The van der Waals surface area contributed by atoms with Gasteiger partial charge in [-0.2, -0.15) is 0 Å². The van der Waals surface area contributed by atoms with Gasteiger partial charge in [0.1, 0.15) is 5.82 Å². The lowest BCUT2D eigenvalue weighted by Crippen LogP contribution is -2.59. The highest BCUT2D eigenvalue weighted by Crippen LogP contribution is 2.61. The fourth-order valence-corrected chi connectivity index (χ4v) is 5.63. The number of carbonyl (C=O) groups excluding carboxylic acids is 1. The molecule has 1 amide bonds. The van der Waals surface area contributed by atoms with Crippen LogP contribution in [0, 0.1) is 11.3 Å². The molecule has 6 nitrogen and oxygen atoms in total. The number of nitrogens with one attached hydrogen (secondary N) is 1. The van der Waals surface area contributed by atoms with Gasteiger partial charge in [0.05, 0.1) is 16.2 Å². The lowest BCUT2D eigenvalue weighted by atomic mass is 9.47. The molecule has 1 saturated heterocycles. The lowest BCUT2D eigenvalue weighted by molar-refractivity contribution is -0.127. The summed E-state index contributed by atoms with van der Waals surface area (Å²) in [5.74, 6) is 1.05. The van der Waals surface area contributed by atoms with Gasteiger partial charge < -0.3 is 15.3 Å². The highest BCUT2D eigenvalue weighted by atomic mass is 35.5. The molecule has 0 bridgehead atoms. The highest BCUT2D eigenvalue weighted by Gasteiger charge is 2.56. The molecule has 2 aromatic rings. The lowest BCUT2D eigenvalue weighted by Gasteiger charge is -2.60. The first-order chi connectivity index (χ1) is 14.1. The van der Waals surface area contributed by atoms with Gasteiger partial charge >= 0.3 is 0 Å². The average Bonchev–Trinajstić information content (AvgIpc) is 2.60. The Bertz CT molecular complexity index is 1000. The molecule has 2 aliphatic carbocycles. The van der Waals surface area contributed by atoms with E-state index in [1.807, 2.05) is 26.0 Å². The van der Waals surface area contributed by atoms with Crippen LogP contribution in [0.4, 0.5) is 5.82 Å². The van der Waals surface area contributed by atoms with Crippen molar-refractivity contribution < 1.29 is 9.90 Å². The number of carbonyl (C=O) groups is 1. The number of hydrogen-bond donors (Lipinski definition) is 2. The summed E-state index contributed by atoms with van der Waals surface area (Å²) in [4.78, 5) is 24.0. The van der Waals surface area contributed by atoms with Crippen LogP contribution in [0.15, 0.2) is 18.3 Å². The molecule has 30 heavy (non-hydrogen) atoms. The number of aromatic nitrogens is 2. The van der Waals surface area contributed by atoms with Crippen LogP contribution in [0.3, 0.4) is 0 Å². The van der Waals surface area contributed by atoms with Crippen molar-refractivity contribution in [1.29, 1.82) is 0 Å². The van der Waals surface area contributed by atoms with E-state index in [2.05, 4.69) is 27.1 Å². The third kappa shape index (κ3) is 3.34. The van der Waals surface area contributed by atoms with Gasteiger partial charge in [-0.05, 0) is 76.3 Å². The third-order valence-electron chi connectivity index (χ3n) is 7.51. The smallest absolute Gasteiger partial charge is 0.253 e. The van der Waals surface area contributed by atoms with E-state index in [4.69, 9.17) is 11.6 Å². The quantitative estimate of drug-likeness (QED) is 0.771. The van der Waals surface area contributed by atoms with Crippen LogP contribution in [0.5, 0.6) is 0 Å². The first-order valence-electron chi connectivity index (χ1n) is 10.9. The first kappa shape index (κ1) is 20.0. The summed E-state index contributed by atoms with van der Waals surface area (Å²) < 4.78 is 0. The summed E-state index contributed by atoms with van der Waals surface area (Å²) in [6.45, 7) is 6.90. The van der Waals surface area contributed by atoms with E-state index in [0.717, 1.165) is 49.9 Å². The fourth-order valence-electron chi connectivity index (χ4n) is 5.36. The second-order valence-electron chi connectivity index (χ2n) is 10.2. The molecule has 7 heteroatoms. The predicted molar refractivity (Wildman–Crippen MR) is 118 cm³/mol. The SMILES string of the molecule is CC1CCN1c1nc2ncc(C(=O)NC3CC4(C3)CC(C(C)(C)O)C4)cc2cc1Cl. The average molecular weight is 429 g/mol. The summed E-state index contributed by atoms with van der Waals surface area (Å²) in [5.41, 5.74) is 0.875. The molecular weight excluding hydrogens is 400 g/mol. The van der Waals surface area contributed by atoms with E-state index in [-0.39, 0.29) is 11.9 Å². The van der Waals surface area contributed by atoms with E-state index in [1.165, 1.54) is 0 Å². The van der Waals surface area contributed by atoms with E-state index >= 15 is 0 Å². The van der Waals surface area contributed by atoms with Crippen molar-refractivity contribution in [3.8, 4) is 0 Å². The maximum atomic E-state index is 12.7. The van der Waals surface area contributed by atoms with Crippen LogP contribution in [0.1, 0.15) is 63.2 Å². The zero-order valence-electron chi connectivity index (χ0n) is 17.8. The standard InChI is InChI=1S/C23H29ClN4O2/c1-13-4-5-28(13)20-18(24)7-14-6-15(12-25-19(14)27-20)21(29)26-17-10-23(11-17)8-16(9-23)22(2,3)30/h6-7,12-13,16-17,30H,4-5,8-11H2,1-3H3,(H,26,29). The van der Waals surface area contributed by atoms with Crippen molar-refractivity contribution >= 4 is 34.4 Å². The molecule has 2 aromatic heterocycles. The number of hydrogen-bond acceptors (Lipinski definition) is 5. The minimum Gasteiger partial charge on any atom is -0.390 e. The van der Waals surface area contributed by atoms with Crippen molar-refractivity contribution in [3.63, 3.8) is 0 Å². The molecule has 1 spiro atoms. The molecule has 1 aliphatic heterocycles. The van der Waals surface area contributed by atoms with Crippen LogP contribution >= 0.6 is 11.6 Å². The topological polar surface area (TPSA) is 78.4 Å². The molecule has 5 rings (SSSR count). The Hall–Kier alpha value is -1.92. The molecule has 3 heterocycles. The molecule has 160 valence electrons. The summed E-state index contributed by atoms with van der Waals surface area (Å²) >= 11 is 6.47. The fraction of sp³-hybridized carbons (Fsp3) is 0.609. The minimum atomic E-state index is -0.598. The van der Waals surface area contributed by atoms with Crippen molar-refractivity contribution in [2.75, 3.05) is 11.4 Å². The summed E-state index contributed by atoms with van der Waals surface area (Å²) in [6.07, 6.45) is 6.85. The van der Waals surface area contributed by atoms with Crippen LogP contribution in [-0.2, 0) is 0 Å². The highest BCUT2D eigenvalue weighted by molar-refractivity contribution is 6.33. The Morgan fingerprint density at radius 2 is 2.03 bits per heavy atom. The Morgan fingerprint density at radius 3 is 2.63 bits per heavy atom. The molecule has 2 saturated carbocycles. The van der Waals surface area contributed by atoms with Gasteiger partial charge in [0.2, 0.25) is 0 Å². The van der Waals surface area contributed by atoms with E-state index < -0.39 is 5.60 Å². The molecule has 1 atom stereocenters. The number of pyridine rings is 2. The van der Waals surface area contributed by atoms with Gasteiger partial charge in [0.25, 0.3) is 5.91 Å². The monoisotopic (exact) mass is 428 g/mol. The Kier molecular flexibility index (Phi) is 4.53. The predicted octanol–water partition coefficient (Wildman–Crippen LogP) is 3.94. The molecule has 3 aliphatic rings. The number of halogens is 1. The minimum absolute atomic E-state index is 0.0980. The van der Waals surface area contributed by atoms with Gasteiger partial charge in [-0.15, -0.1) is 0 Å². The van der Waals surface area contributed by atoms with Gasteiger partial charge in [0.15, 0.2) is 5.65 Å². The Balaban J connectivity index is 1.23. The van der Waals surface area contributed by atoms with Crippen LogP contribution in [0.2, 0.25) is 5.02 Å². The van der Waals surface area contributed by atoms with Crippen molar-refractivity contribution in [1.82, 2.24) is 15.3 Å². The largest absolute Gasteiger partial charge is 0.390 e. The second-order valence-corrected chi connectivity index (χ2v) is 10.6. The molecule has 1 unspecified atom stereocenters. The number of rotatable bonds is 4. The number of amides is 1. The normalized spacial score (nSPS) is 30.6. The van der Waals surface area contributed by atoms with E-state index in [9.17, 15) is 9.90 Å². The van der Waals surface area contributed by atoms with E-state index in [0.29, 0.717) is 33.6 Å². The molecule has 0 radical (unpaired) electrons. The van der Waals surface area contributed by atoms with Crippen LogP contribution < -0.4 is 10.2 Å². The molecular formula is C23H29ClN4O2. The maximum Gasteiger partial charge on any atom is 0.253 e. The van der Waals surface area contributed by atoms with Gasteiger partial charge in [0, 0.05) is 30.2 Å². The van der Waals surface area contributed by atoms with Crippen LogP contribution in [0.25, 0.3) is 11.0 Å². The molecule has 0 aromatic carbocycles. The summed E-state index contributed by atoms with van der Waals surface area (Å²) in [7, 11) is 0. The van der Waals surface area contributed by atoms with E-state index in [1.54, 1.807) is 6.20 Å². The number of nitrogens with zero attached hydrogens (tertiary/aromatic N) is 3. The number of fused-ring (bicyclic) bond motifs is 1. The van der Waals surface area contributed by atoms with Crippen LogP contribution in [-0.4, -0.2) is 45.2 Å².